The van der Waals surface area contributed by atoms with Crippen LogP contribution in [-0.2, 0) is 28.4 Å². The summed E-state index contributed by atoms with van der Waals surface area (Å²) in [5.74, 6) is 0.0418. The lowest BCUT2D eigenvalue weighted by Gasteiger charge is -2.37. The molecule has 0 N–H and O–H groups in total. The number of aromatic nitrogens is 4. The lowest BCUT2D eigenvalue weighted by molar-refractivity contribution is -0.139. The summed E-state index contributed by atoms with van der Waals surface area (Å²) in [5, 5.41) is 4.28. The van der Waals surface area contributed by atoms with Gasteiger partial charge in [0.05, 0.1) is 25.3 Å². The van der Waals surface area contributed by atoms with Gasteiger partial charge in [0.25, 0.3) is 5.56 Å². The van der Waals surface area contributed by atoms with Gasteiger partial charge in [0.15, 0.2) is 5.82 Å². The summed E-state index contributed by atoms with van der Waals surface area (Å²) in [6.45, 7) is 2.67. The second kappa shape index (κ2) is 13.1. The number of ether oxygens (including phenoxy) is 2. The fourth-order valence-electron chi connectivity index (χ4n) is 5.49. The average Bonchev–Trinajstić information content (AvgIpc) is 3.45. The van der Waals surface area contributed by atoms with Crippen LogP contribution in [0.15, 0.2) is 47.5 Å². The molecular formula is C29H31F6N7O4. The number of carbonyl (C=O) groups excluding carboxylic acids is 1. The van der Waals surface area contributed by atoms with Gasteiger partial charge in [0.2, 0.25) is 11.9 Å². The molecule has 0 unspecified atom stereocenters. The molecule has 0 spiro atoms. The van der Waals surface area contributed by atoms with E-state index in [1.807, 2.05) is 0 Å². The molecule has 1 amide bonds. The van der Waals surface area contributed by atoms with Gasteiger partial charge in [-0.05, 0) is 24.6 Å². The highest BCUT2D eigenvalue weighted by molar-refractivity contribution is 5.86. The average molecular weight is 656 g/mol. The Hall–Kier alpha value is -4.41. The molecule has 3 aromatic rings. The topological polar surface area (TPSA) is 106 Å². The summed E-state index contributed by atoms with van der Waals surface area (Å²) in [7, 11) is 1.47. The van der Waals surface area contributed by atoms with E-state index in [-0.39, 0.29) is 63.4 Å². The second-order valence-electron chi connectivity index (χ2n) is 10.8. The van der Waals surface area contributed by atoms with Crippen molar-refractivity contribution in [2.45, 2.75) is 44.4 Å². The number of benzene rings is 1. The number of hydrogen-bond acceptors (Lipinski definition) is 9. The molecule has 248 valence electrons. The summed E-state index contributed by atoms with van der Waals surface area (Å²) in [4.78, 5) is 39.0. The maximum atomic E-state index is 14.1. The number of hydrogen-bond donors (Lipinski definition) is 0. The first-order chi connectivity index (χ1) is 21.8. The van der Waals surface area contributed by atoms with Crippen LogP contribution in [0.25, 0.3) is 0 Å². The van der Waals surface area contributed by atoms with Crippen molar-refractivity contribution >= 4 is 17.7 Å². The van der Waals surface area contributed by atoms with Gasteiger partial charge >= 0.3 is 12.4 Å². The van der Waals surface area contributed by atoms with Crippen molar-refractivity contribution in [1.82, 2.24) is 24.6 Å². The molecule has 4 heterocycles. The fraction of sp³-hybridized carbons (Fsp3) is 0.483. The Balaban J connectivity index is 1.39. The lowest BCUT2D eigenvalue weighted by atomic mass is 10.1. The molecule has 0 saturated carbocycles. The quantitative estimate of drug-likeness (QED) is 0.338. The van der Waals surface area contributed by atoms with Gasteiger partial charge in [-0.2, -0.15) is 31.4 Å². The van der Waals surface area contributed by atoms with Gasteiger partial charge in [0.1, 0.15) is 17.4 Å². The molecule has 2 aromatic heterocycles. The number of alkyl halides is 6. The van der Waals surface area contributed by atoms with E-state index >= 15 is 0 Å². The van der Waals surface area contributed by atoms with Crippen LogP contribution >= 0.6 is 0 Å². The first-order valence-electron chi connectivity index (χ1n) is 14.4. The van der Waals surface area contributed by atoms with E-state index in [0.717, 1.165) is 4.68 Å². The standard InChI is InChI=1S/C29H31F6N7O4/c1-3-46-21-12-23(26(44)39-8-10-40(11-9-39)27-36-14-19(15-37-27)28(30,31)32)41(17-21)24-13-22(29(33,34)35)25(43)42(38-24)16-18-4-6-20(45-2)7-5-18/h4-7,13-15,21,23H,3,8-12,16-17H2,1-2H3/t21-,23+/m1/s1. The third-order valence-corrected chi connectivity index (χ3v) is 7.84. The number of amides is 1. The summed E-state index contributed by atoms with van der Waals surface area (Å²) < 4.78 is 92.5. The maximum Gasteiger partial charge on any atom is 0.421 e. The summed E-state index contributed by atoms with van der Waals surface area (Å²) in [6.07, 6.45) is -8.48. The molecule has 1 aromatic carbocycles. The van der Waals surface area contributed by atoms with Gasteiger partial charge in [0, 0.05) is 64.2 Å². The largest absolute Gasteiger partial charge is 0.497 e. The van der Waals surface area contributed by atoms with Crippen molar-refractivity contribution < 1.29 is 40.6 Å². The summed E-state index contributed by atoms with van der Waals surface area (Å²) in [5.41, 5.74) is -3.20. The van der Waals surface area contributed by atoms with Gasteiger partial charge < -0.3 is 24.2 Å². The minimum atomic E-state index is -4.98. The minimum absolute atomic E-state index is 0.0641. The van der Waals surface area contributed by atoms with E-state index in [2.05, 4.69) is 15.1 Å². The molecule has 2 fully saturated rings. The van der Waals surface area contributed by atoms with E-state index in [1.165, 1.54) is 16.9 Å². The van der Waals surface area contributed by atoms with Crippen LogP contribution in [0.1, 0.15) is 30.0 Å². The first kappa shape index (κ1) is 33.0. The normalized spacial score (nSPS) is 19.1. The van der Waals surface area contributed by atoms with Crippen molar-refractivity contribution in [3.05, 3.63) is 69.8 Å². The summed E-state index contributed by atoms with van der Waals surface area (Å²) in [6, 6.07) is 6.17. The SMILES string of the molecule is CCO[C@@H]1C[C@@H](C(=O)N2CCN(c3ncc(C(F)(F)F)cn3)CC2)N(c2cc(C(F)(F)F)c(=O)n(Cc3ccc(OC)cc3)n2)C1. The van der Waals surface area contributed by atoms with Crippen LogP contribution in [0.2, 0.25) is 0 Å². The Morgan fingerprint density at radius 3 is 2.20 bits per heavy atom. The van der Waals surface area contributed by atoms with Crippen LogP contribution in [0.4, 0.5) is 38.1 Å². The highest BCUT2D eigenvalue weighted by Gasteiger charge is 2.43. The number of rotatable bonds is 8. The van der Waals surface area contributed by atoms with Crippen LogP contribution in [0, 0.1) is 0 Å². The molecular weight excluding hydrogens is 624 g/mol. The zero-order valence-corrected chi connectivity index (χ0v) is 24.9. The van der Waals surface area contributed by atoms with Crippen molar-refractivity contribution in [1.29, 1.82) is 0 Å². The Kier molecular flexibility index (Phi) is 9.42. The number of halogens is 6. The molecule has 0 aliphatic carbocycles. The van der Waals surface area contributed by atoms with Gasteiger partial charge in [-0.3, -0.25) is 9.59 Å². The van der Waals surface area contributed by atoms with Crippen LogP contribution in [-0.4, -0.2) is 89.1 Å². The molecule has 0 radical (unpaired) electrons. The monoisotopic (exact) mass is 655 g/mol. The molecule has 46 heavy (non-hydrogen) atoms. The lowest BCUT2D eigenvalue weighted by Crippen LogP contribution is -2.54. The van der Waals surface area contributed by atoms with E-state index in [1.54, 1.807) is 36.1 Å². The number of piperazine rings is 1. The van der Waals surface area contributed by atoms with Crippen molar-refractivity contribution in [2.24, 2.45) is 0 Å². The number of carbonyl (C=O) groups is 1. The number of methoxy groups -OCH3 is 1. The van der Waals surface area contributed by atoms with Crippen molar-refractivity contribution in [2.75, 3.05) is 56.2 Å². The maximum absolute atomic E-state index is 14.1. The van der Waals surface area contributed by atoms with Gasteiger partial charge in [-0.1, -0.05) is 12.1 Å². The van der Waals surface area contributed by atoms with Gasteiger partial charge in [-0.25, -0.2) is 14.6 Å². The molecule has 5 rings (SSSR count). The molecule has 2 atom stereocenters. The van der Waals surface area contributed by atoms with Gasteiger partial charge in [-0.15, -0.1) is 0 Å². The smallest absolute Gasteiger partial charge is 0.421 e. The zero-order valence-electron chi connectivity index (χ0n) is 24.9. The van der Waals surface area contributed by atoms with Crippen molar-refractivity contribution in [3.63, 3.8) is 0 Å². The molecule has 0 bridgehead atoms. The van der Waals surface area contributed by atoms with Crippen LogP contribution in [0.3, 0.4) is 0 Å². The molecule has 17 heteroatoms. The summed E-state index contributed by atoms with van der Waals surface area (Å²) >= 11 is 0. The third kappa shape index (κ3) is 7.18. The Labute approximate surface area is 259 Å². The van der Waals surface area contributed by atoms with Crippen molar-refractivity contribution in [3.8, 4) is 5.75 Å². The Morgan fingerprint density at radius 1 is 0.978 bits per heavy atom. The van der Waals surface area contributed by atoms with E-state index < -0.39 is 41.2 Å². The molecule has 2 saturated heterocycles. The Morgan fingerprint density at radius 2 is 1.63 bits per heavy atom. The fourth-order valence-corrected chi connectivity index (χ4v) is 5.49. The third-order valence-electron chi connectivity index (χ3n) is 7.84. The number of nitrogens with zero attached hydrogens (tertiary/aromatic N) is 7. The van der Waals surface area contributed by atoms with E-state index in [0.29, 0.717) is 36.4 Å². The zero-order chi connectivity index (χ0) is 33.2. The minimum Gasteiger partial charge on any atom is -0.497 e. The highest BCUT2D eigenvalue weighted by Crippen LogP contribution is 2.33. The molecule has 2 aliphatic heterocycles. The first-order valence-corrected chi connectivity index (χ1v) is 14.4. The van der Waals surface area contributed by atoms with E-state index in [9.17, 15) is 35.9 Å². The Bertz CT molecular complexity index is 1570. The highest BCUT2D eigenvalue weighted by atomic mass is 19.4. The molecule has 2 aliphatic rings. The predicted molar refractivity (Wildman–Crippen MR) is 153 cm³/mol. The second-order valence-corrected chi connectivity index (χ2v) is 10.8. The molecule has 11 nitrogen and oxygen atoms in total. The van der Waals surface area contributed by atoms with Crippen LogP contribution in [0.5, 0.6) is 5.75 Å². The van der Waals surface area contributed by atoms with Crippen LogP contribution < -0.4 is 20.1 Å². The van der Waals surface area contributed by atoms with E-state index in [4.69, 9.17) is 9.47 Å². The number of anilines is 2. The predicted octanol–water partition coefficient (Wildman–Crippen LogP) is 3.46.